The van der Waals surface area contributed by atoms with Crippen molar-refractivity contribution in [3.8, 4) is 0 Å². The van der Waals surface area contributed by atoms with Crippen LogP contribution in [0.25, 0.3) is 0 Å². The number of carbonyl (C=O) groups is 2. The van der Waals surface area contributed by atoms with Gasteiger partial charge in [0.2, 0.25) is 0 Å². The normalized spacial score (nSPS) is 12.1. The van der Waals surface area contributed by atoms with Gasteiger partial charge >= 0.3 is 5.97 Å². The van der Waals surface area contributed by atoms with Crippen LogP contribution in [0.15, 0.2) is 47.4 Å². The van der Waals surface area contributed by atoms with Gasteiger partial charge in [0.05, 0.1) is 10.5 Å². The maximum absolute atomic E-state index is 12.6. The van der Waals surface area contributed by atoms with E-state index in [9.17, 15) is 18.0 Å². The van der Waals surface area contributed by atoms with E-state index in [2.05, 4.69) is 10.0 Å². The molecule has 2 N–H and O–H groups in total. The topological polar surface area (TPSA) is 102 Å². The fraction of sp³-hybridized carbons (Fsp3) is 0.300. The molecule has 2 aromatic rings. The quantitative estimate of drug-likeness (QED) is 0.691. The second kappa shape index (κ2) is 8.88. The Morgan fingerprint density at radius 3 is 2.32 bits per heavy atom. The average molecular weight is 404 g/mol. The third-order valence-corrected chi connectivity index (χ3v) is 5.53. The minimum absolute atomic E-state index is 0.201. The van der Waals surface area contributed by atoms with Crippen molar-refractivity contribution >= 4 is 27.6 Å². The fourth-order valence-corrected chi connectivity index (χ4v) is 3.87. The lowest BCUT2D eigenvalue weighted by Gasteiger charge is -2.13. The molecule has 7 nitrogen and oxygen atoms in total. The van der Waals surface area contributed by atoms with Gasteiger partial charge in [-0.15, -0.1) is 0 Å². The SMILES string of the molecule is CCNC(=O)[C@@H](C)OC(=O)c1ccc(NS(=O)(=O)c2cc(C)ccc2C)cc1. The van der Waals surface area contributed by atoms with E-state index in [4.69, 9.17) is 4.74 Å². The number of rotatable bonds is 7. The Hall–Kier alpha value is -2.87. The molecule has 0 radical (unpaired) electrons. The van der Waals surface area contributed by atoms with Gasteiger partial charge in [-0.05, 0) is 69.2 Å². The number of hydrogen-bond donors (Lipinski definition) is 2. The molecule has 2 rings (SSSR count). The smallest absolute Gasteiger partial charge is 0.338 e. The van der Waals surface area contributed by atoms with E-state index in [0.717, 1.165) is 5.56 Å². The van der Waals surface area contributed by atoms with E-state index in [1.807, 2.05) is 13.0 Å². The standard InChI is InChI=1S/C20H24N2O5S/c1-5-21-19(23)15(4)27-20(24)16-8-10-17(11-9-16)22-28(25,26)18-12-13(2)6-7-14(18)3/h6-12,15,22H,5H2,1-4H3,(H,21,23)/t15-/m1/s1. The van der Waals surface area contributed by atoms with Crippen molar-refractivity contribution in [2.75, 3.05) is 11.3 Å². The first-order chi connectivity index (χ1) is 13.1. The van der Waals surface area contributed by atoms with E-state index >= 15 is 0 Å². The largest absolute Gasteiger partial charge is 0.449 e. The Balaban J connectivity index is 2.11. The Morgan fingerprint density at radius 2 is 1.71 bits per heavy atom. The summed E-state index contributed by atoms with van der Waals surface area (Å²) in [6, 6.07) is 11.0. The summed E-state index contributed by atoms with van der Waals surface area (Å²) in [7, 11) is -3.76. The van der Waals surface area contributed by atoms with E-state index in [1.165, 1.54) is 31.2 Å². The van der Waals surface area contributed by atoms with Crippen molar-refractivity contribution in [1.82, 2.24) is 5.32 Å². The van der Waals surface area contributed by atoms with Crippen LogP contribution < -0.4 is 10.0 Å². The second-order valence-corrected chi connectivity index (χ2v) is 8.04. The molecule has 0 saturated carbocycles. The minimum atomic E-state index is -3.76. The highest BCUT2D eigenvalue weighted by atomic mass is 32.2. The van der Waals surface area contributed by atoms with Gasteiger partial charge < -0.3 is 10.1 Å². The first kappa shape index (κ1) is 21.4. The summed E-state index contributed by atoms with van der Waals surface area (Å²) in [6.45, 7) is 7.24. The van der Waals surface area contributed by atoms with Crippen molar-refractivity contribution in [2.45, 2.75) is 38.7 Å². The Kier molecular flexibility index (Phi) is 6.80. The molecule has 8 heteroatoms. The molecule has 0 aromatic heterocycles. The van der Waals surface area contributed by atoms with Gasteiger partial charge in [-0.3, -0.25) is 9.52 Å². The Labute approximate surface area is 165 Å². The van der Waals surface area contributed by atoms with Crippen LogP contribution in [0.3, 0.4) is 0 Å². The zero-order chi connectivity index (χ0) is 20.9. The predicted octanol–water partition coefficient (Wildman–Crippen LogP) is 2.79. The van der Waals surface area contributed by atoms with Crippen molar-refractivity contribution in [1.29, 1.82) is 0 Å². The first-order valence-electron chi connectivity index (χ1n) is 8.83. The van der Waals surface area contributed by atoms with Gasteiger partial charge in [-0.2, -0.15) is 0 Å². The molecule has 2 aromatic carbocycles. The summed E-state index contributed by atoms with van der Waals surface area (Å²) in [4.78, 5) is 24.0. The average Bonchev–Trinajstić information content (AvgIpc) is 2.64. The van der Waals surface area contributed by atoms with Gasteiger partial charge in [-0.25, -0.2) is 13.2 Å². The summed E-state index contributed by atoms with van der Waals surface area (Å²) in [6.07, 6.45) is -0.921. The molecule has 0 aliphatic carbocycles. The highest BCUT2D eigenvalue weighted by Gasteiger charge is 2.19. The van der Waals surface area contributed by atoms with E-state index in [0.29, 0.717) is 17.8 Å². The number of hydrogen-bond acceptors (Lipinski definition) is 5. The van der Waals surface area contributed by atoms with Crippen LogP contribution in [0.5, 0.6) is 0 Å². The summed E-state index contributed by atoms with van der Waals surface area (Å²) >= 11 is 0. The van der Waals surface area contributed by atoms with Crippen molar-refractivity contribution < 1.29 is 22.7 Å². The fourth-order valence-electron chi connectivity index (χ4n) is 2.48. The number of likely N-dealkylation sites (N-methyl/N-ethyl adjacent to an activating group) is 1. The van der Waals surface area contributed by atoms with Crippen molar-refractivity contribution in [3.05, 3.63) is 59.2 Å². The number of nitrogens with one attached hydrogen (secondary N) is 2. The maximum atomic E-state index is 12.6. The lowest BCUT2D eigenvalue weighted by atomic mass is 10.2. The molecule has 0 aliphatic rings. The second-order valence-electron chi connectivity index (χ2n) is 6.39. The molecule has 0 unspecified atom stereocenters. The number of carbonyl (C=O) groups excluding carboxylic acids is 2. The monoisotopic (exact) mass is 404 g/mol. The number of benzene rings is 2. The lowest BCUT2D eigenvalue weighted by Crippen LogP contribution is -2.35. The third-order valence-electron chi connectivity index (χ3n) is 4.01. The molecule has 0 bridgehead atoms. The molecule has 1 amide bonds. The molecule has 0 aliphatic heterocycles. The summed E-state index contributed by atoms with van der Waals surface area (Å²) in [5.74, 6) is -1.04. The summed E-state index contributed by atoms with van der Waals surface area (Å²) in [5.41, 5.74) is 2.00. The highest BCUT2D eigenvalue weighted by molar-refractivity contribution is 7.92. The van der Waals surface area contributed by atoms with Crippen LogP contribution in [0.1, 0.15) is 35.3 Å². The van der Waals surface area contributed by atoms with E-state index in [1.54, 1.807) is 26.0 Å². The number of aryl methyl sites for hydroxylation is 2. The molecule has 0 fully saturated rings. The lowest BCUT2D eigenvalue weighted by molar-refractivity contribution is -0.128. The van der Waals surface area contributed by atoms with Crippen LogP contribution >= 0.6 is 0 Å². The number of ether oxygens (including phenoxy) is 1. The van der Waals surface area contributed by atoms with Crippen LogP contribution in [-0.2, 0) is 19.6 Å². The van der Waals surface area contributed by atoms with Gasteiger partial charge in [0.15, 0.2) is 6.10 Å². The van der Waals surface area contributed by atoms with Crippen molar-refractivity contribution in [2.24, 2.45) is 0 Å². The van der Waals surface area contributed by atoms with E-state index < -0.39 is 22.1 Å². The maximum Gasteiger partial charge on any atom is 0.338 e. The first-order valence-corrected chi connectivity index (χ1v) is 10.3. The zero-order valence-corrected chi connectivity index (χ0v) is 17.1. The summed E-state index contributed by atoms with van der Waals surface area (Å²) < 4.78 is 32.9. The molecule has 0 heterocycles. The van der Waals surface area contributed by atoms with Gasteiger partial charge in [0.1, 0.15) is 0 Å². The van der Waals surface area contributed by atoms with Gasteiger partial charge in [-0.1, -0.05) is 12.1 Å². The third kappa shape index (κ3) is 5.32. The van der Waals surface area contributed by atoms with Crippen LogP contribution in [0, 0.1) is 13.8 Å². The molecular weight excluding hydrogens is 380 g/mol. The zero-order valence-electron chi connectivity index (χ0n) is 16.3. The summed E-state index contributed by atoms with van der Waals surface area (Å²) in [5, 5.41) is 2.57. The van der Waals surface area contributed by atoms with E-state index in [-0.39, 0.29) is 16.4 Å². The number of amides is 1. The molecule has 28 heavy (non-hydrogen) atoms. The van der Waals surface area contributed by atoms with Crippen molar-refractivity contribution in [3.63, 3.8) is 0 Å². The molecule has 0 saturated heterocycles. The van der Waals surface area contributed by atoms with Gasteiger partial charge in [0, 0.05) is 12.2 Å². The molecule has 0 spiro atoms. The highest BCUT2D eigenvalue weighted by Crippen LogP contribution is 2.21. The van der Waals surface area contributed by atoms with Gasteiger partial charge in [0.25, 0.3) is 15.9 Å². The minimum Gasteiger partial charge on any atom is -0.449 e. The molecular formula is C20H24N2O5S. The van der Waals surface area contributed by atoms with Crippen LogP contribution in [0.4, 0.5) is 5.69 Å². The number of sulfonamides is 1. The molecule has 150 valence electrons. The van der Waals surface area contributed by atoms with Crippen LogP contribution in [0.2, 0.25) is 0 Å². The number of esters is 1. The predicted molar refractivity (Wildman–Crippen MR) is 107 cm³/mol. The molecule has 1 atom stereocenters. The van der Waals surface area contributed by atoms with Crippen LogP contribution in [-0.4, -0.2) is 32.9 Å². The Bertz CT molecular complexity index is 969. The Morgan fingerprint density at radius 1 is 1.07 bits per heavy atom. The number of anilines is 1.